The van der Waals surface area contributed by atoms with E-state index in [-0.39, 0.29) is 5.54 Å². The Bertz CT molecular complexity index is 402. The number of pyridine rings is 1. The molecule has 0 aliphatic carbocycles. The summed E-state index contributed by atoms with van der Waals surface area (Å²) in [6, 6.07) is 6.33. The van der Waals surface area contributed by atoms with Gasteiger partial charge in [0.05, 0.1) is 11.1 Å². The quantitative estimate of drug-likeness (QED) is 0.614. The van der Waals surface area contributed by atoms with E-state index >= 15 is 0 Å². The smallest absolute Gasteiger partial charge is 0.103 e. The predicted octanol–water partition coefficient (Wildman–Crippen LogP) is 3.61. The predicted molar refractivity (Wildman–Crippen MR) is 79.6 cm³/mol. The van der Waals surface area contributed by atoms with E-state index in [9.17, 15) is 0 Å². The summed E-state index contributed by atoms with van der Waals surface area (Å²) in [4.78, 5) is 4.31. The van der Waals surface area contributed by atoms with Crippen molar-refractivity contribution in [3.8, 4) is 6.07 Å². The number of rotatable bonds is 7. The fourth-order valence-electron chi connectivity index (χ4n) is 1.44. The molecule has 18 heavy (non-hydrogen) atoms. The summed E-state index contributed by atoms with van der Waals surface area (Å²) in [5.41, 5.74) is -0.388. The highest BCUT2D eigenvalue weighted by Gasteiger charge is 2.19. The zero-order valence-electron chi connectivity index (χ0n) is 10.7. The summed E-state index contributed by atoms with van der Waals surface area (Å²) in [6.45, 7) is 1.94. The molecule has 1 unspecified atom stereocenters. The third kappa shape index (κ3) is 5.38. The maximum Gasteiger partial charge on any atom is 0.103 e. The molecule has 0 spiro atoms. The zero-order valence-corrected chi connectivity index (χ0v) is 13.1. The van der Waals surface area contributed by atoms with Gasteiger partial charge in [0.1, 0.15) is 5.54 Å². The molecule has 0 aromatic carbocycles. The monoisotopic (exact) mass is 327 g/mol. The molecule has 0 saturated carbocycles. The lowest BCUT2D eigenvalue weighted by Gasteiger charge is -2.20. The van der Waals surface area contributed by atoms with Crippen molar-refractivity contribution in [1.82, 2.24) is 10.3 Å². The van der Waals surface area contributed by atoms with E-state index in [1.165, 1.54) is 0 Å². The molecule has 0 aliphatic rings. The van der Waals surface area contributed by atoms with Crippen LogP contribution in [0, 0.1) is 11.3 Å². The lowest BCUT2D eigenvalue weighted by atomic mass is 9.97. The number of nitrogens with zero attached hydrogens (tertiary/aromatic N) is 2. The molecule has 0 saturated heterocycles. The second kappa shape index (κ2) is 7.78. The van der Waals surface area contributed by atoms with E-state index < -0.39 is 0 Å². The van der Waals surface area contributed by atoms with Crippen LogP contribution in [0.1, 0.15) is 26.2 Å². The topological polar surface area (TPSA) is 48.7 Å². The number of halogens is 1. The van der Waals surface area contributed by atoms with Crippen LogP contribution in [-0.4, -0.2) is 23.3 Å². The number of unbranched alkanes of at least 4 members (excludes halogenated alkanes) is 1. The molecule has 98 valence electrons. The van der Waals surface area contributed by atoms with Crippen LogP contribution in [0.5, 0.6) is 0 Å². The van der Waals surface area contributed by atoms with Crippen LogP contribution in [0.4, 0.5) is 0 Å². The molecule has 1 N–H and O–H groups in total. The van der Waals surface area contributed by atoms with Gasteiger partial charge in [-0.1, -0.05) is 0 Å². The van der Waals surface area contributed by atoms with Gasteiger partial charge in [-0.25, -0.2) is 4.98 Å². The lowest BCUT2D eigenvalue weighted by Crippen LogP contribution is -2.37. The van der Waals surface area contributed by atoms with Crippen molar-refractivity contribution in [2.45, 2.75) is 36.8 Å². The van der Waals surface area contributed by atoms with E-state index in [1.807, 2.05) is 32.3 Å². The van der Waals surface area contributed by atoms with Crippen LogP contribution < -0.4 is 5.32 Å². The molecule has 1 aromatic heterocycles. The van der Waals surface area contributed by atoms with E-state index in [0.29, 0.717) is 0 Å². The molecule has 0 bridgehead atoms. The number of hydrogen-bond acceptors (Lipinski definition) is 4. The highest BCUT2D eigenvalue weighted by molar-refractivity contribution is 9.10. The lowest BCUT2D eigenvalue weighted by molar-refractivity contribution is 0.439. The molecule has 5 heteroatoms. The average molecular weight is 328 g/mol. The largest absolute Gasteiger partial charge is 0.303 e. The first kappa shape index (κ1) is 15.5. The van der Waals surface area contributed by atoms with Crippen molar-refractivity contribution in [2.24, 2.45) is 0 Å². The second-order valence-electron chi connectivity index (χ2n) is 4.31. The molecule has 0 amide bonds. The van der Waals surface area contributed by atoms with Crippen LogP contribution in [0.2, 0.25) is 0 Å². The normalized spacial score (nSPS) is 13.9. The Hall–Kier alpha value is -0.570. The standard InChI is InChI=1S/C13H18BrN3S/c1-13(10-15,16-2)7-3-4-8-18-12-6-5-11(14)9-17-12/h5-6,9,16H,3-4,7-8H2,1-2H3. The van der Waals surface area contributed by atoms with Gasteiger partial charge >= 0.3 is 0 Å². The third-order valence-corrected chi connectivity index (χ3v) is 4.32. The van der Waals surface area contributed by atoms with Crippen molar-refractivity contribution < 1.29 is 0 Å². The summed E-state index contributed by atoms with van der Waals surface area (Å²) in [6.07, 6.45) is 4.85. The molecule has 1 rings (SSSR count). The fraction of sp³-hybridized carbons (Fsp3) is 0.538. The molecular weight excluding hydrogens is 310 g/mol. The molecule has 0 aliphatic heterocycles. The maximum atomic E-state index is 9.01. The SMILES string of the molecule is CNC(C)(C#N)CCCCSc1ccc(Br)cn1. The molecular formula is C13H18BrN3S. The average Bonchev–Trinajstić information content (AvgIpc) is 2.40. The van der Waals surface area contributed by atoms with Crippen LogP contribution in [-0.2, 0) is 0 Å². The van der Waals surface area contributed by atoms with Crippen molar-refractivity contribution in [3.05, 3.63) is 22.8 Å². The first-order valence-electron chi connectivity index (χ1n) is 5.94. The molecule has 1 aromatic rings. The zero-order chi connectivity index (χ0) is 13.4. The van der Waals surface area contributed by atoms with Gasteiger partial charge < -0.3 is 5.32 Å². The fourth-order valence-corrected chi connectivity index (χ4v) is 2.53. The summed E-state index contributed by atoms with van der Waals surface area (Å²) >= 11 is 5.13. The van der Waals surface area contributed by atoms with Gasteiger partial charge in [-0.05, 0) is 67.0 Å². The summed E-state index contributed by atoms with van der Waals surface area (Å²) in [5, 5.41) is 13.1. The van der Waals surface area contributed by atoms with Gasteiger partial charge in [0, 0.05) is 10.7 Å². The maximum absolute atomic E-state index is 9.01. The van der Waals surface area contributed by atoms with Gasteiger partial charge in [-0.2, -0.15) is 5.26 Å². The van der Waals surface area contributed by atoms with Crippen molar-refractivity contribution in [1.29, 1.82) is 5.26 Å². The highest BCUT2D eigenvalue weighted by Crippen LogP contribution is 2.20. The van der Waals surface area contributed by atoms with Crippen LogP contribution in [0.25, 0.3) is 0 Å². The van der Waals surface area contributed by atoms with E-state index in [1.54, 1.807) is 11.8 Å². The van der Waals surface area contributed by atoms with Crippen molar-refractivity contribution in [2.75, 3.05) is 12.8 Å². The molecule has 0 fully saturated rings. The number of nitriles is 1. The molecule has 1 atom stereocenters. The highest BCUT2D eigenvalue weighted by atomic mass is 79.9. The Balaban J connectivity index is 2.20. The molecule has 1 heterocycles. The summed E-state index contributed by atoms with van der Waals surface area (Å²) < 4.78 is 1.01. The van der Waals surface area contributed by atoms with E-state index in [2.05, 4.69) is 32.3 Å². The van der Waals surface area contributed by atoms with Crippen LogP contribution in [0.3, 0.4) is 0 Å². The Morgan fingerprint density at radius 3 is 2.83 bits per heavy atom. The second-order valence-corrected chi connectivity index (χ2v) is 6.35. The first-order valence-corrected chi connectivity index (χ1v) is 7.72. The van der Waals surface area contributed by atoms with Gasteiger partial charge in [-0.15, -0.1) is 11.8 Å². The van der Waals surface area contributed by atoms with Gasteiger partial charge in [0.25, 0.3) is 0 Å². The summed E-state index contributed by atoms with van der Waals surface area (Å²) in [7, 11) is 1.84. The van der Waals surface area contributed by atoms with E-state index in [0.717, 1.165) is 34.5 Å². The summed E-state index contributed by atoms with van der Waals surface area (Å²) in [5.74, 6) is 1.04. The minimum absolute atomic E-state index is 0.388. The van der Waals surface area contributed by atoms with Gasteiger partial charge in [-0.3, -0.25) is 0 Å². The third-order valence-electron chi connectivity index (χ3n) is 2.82. The van der Waals surface area contributed by atoms with Crippen LogP contribution >= 0.6 is 27.7 Å². The van der Waals surface area contributed by atoms with E-state index in [4.69, 9.17) is 5.26 Å². The number of aromatic nitrogens is 1. The Labute approximate surface area is 122 Å². The Kier molecular flexibility index (Phi) is 6.69. The van der Waals surface area contributed by atoms with Crippen molar-refractivity contribution >= 4 is 27.7 Å². The number of hydrogen-bond donors (Lipinski definition) is 1. The van der Waals surface area contributed by atoms with Gasteiger partial charge in [0.2, 0.25) is 0 Å². The molecule has 0 radical (unpaired) electrons. The minimum atomic E-state index is -0.388. The van der Waals surface area contributed by atoms with Gasteiger partial charge in [0.15, 0.2) is 0 Å². The molecule has 3 nitrogen and oxygen atoms in total. The van der Waals surface area contributed by atoms with Crippen LogP contribution in [0.15, 0.2) is 27.8 Å². The Morgan fingerprint density at radius 1 is 1.50 bits per heavy atom. The minimum Gasteiger partial charge on any atom is -0.303 e. The first-order chi connectivity index (χ1) is 8.59. The van der Waals surface area contributed by atoms with Crippen molar-refractivity contribution in [3.63, 3.8) is 0 Å². The Morgan fingerprint density at radius 2 is 2.28 bits per heavy atom. The number of thioether (sulfide) groups is 1. The number of nitrogens with one attached hydrogen (secondary N) is 1.